The highest BCUT2D eigenvalue weighted by Gasteiger charge is 2.21. The molecule has 1 aromatic rings. The Morgan fingerprint density at radius 1 is 1.12 bits per heavy atom. The monoisotopic (exact) mass is 345 g/mol. The Balaban J connectivity index is 1.44. The van der Waals surface area contributed by atoms with Crippen molar-refractivity contribution in [2.75, 3.05) is 56.2 Å². The molecule has 5 heteroatoms. The first-order valence-electron chi connectivity index (χ1n) is 9.55. The van der Waals surface area contributed by atoms with Gasteiger partial charge in [0.1, 0.15) is 0 Å². The molecule has 2 atom stereocenters. The van der Waals surface area contributed by atoms with Gasteiger partial charge in [0, 0.05) is 50.5 Å². The third-order valence-electron chi connectivity index (χ3n) is 5.13. The molecule has 138 valence electrons. The van der Waals surface area contributed by atoms with Crippen LogP contribution in [0.3, 0.4) is 0 Å². The molecule has 2 aliphatic heterocycles. The first kappa shape index (κ1) is 18.2. The number of ether oxygens (including phenoxy) is 1. The largest absolute Gasteiger partial charge is 0.378 e. The number of benzene rings is 1. The summed E-state index contributed by atoms with van der Waals surface area (Å²) in [5.74, 6) is 1.57. The second-order valence-corrected chi connectivity index (χ2v) is 7.65. The first-order valence-corrected chi connectivity index (χ1v) is 9.55. The number of carbonyl (C=O) groups is 1. The van der Waals surface area contributed by atoms with Gasteiger partial charge in [-0.05, 0) is 42.5 Å². The van der Waals surface area contributed by atoms with E-state index >= 15 is 0 Å². The molecule has 0 saturated carbocycles. The van der Waals surface area contributed by atoms with Crippen molar-refractivity contribution in [1.29, 1.82) is 0 Å². The van der Waals surface area contributed by atoms with Gasteiger partial charge in [0.15, 0.2) is 0 Å². The van der Waals surface area contributed by atoms with Crippen molar-refractivity contribution < 1.29 is 9.53 Å². The Kier molecular flexibility index (Phi) is 6.32. The fraction of sp³-hybridized carbons (Fsp3) is 0.650. The van der Waals surface area contributed by atoms with E-state index in [4.69, 9.17) is 4.74 Å². The number of hydrogen-bond donors (Lipinski definition) is 1. The number of amides is 1. The molecule has 0 aliphatic carbocycles. The van der Waals surface area contributed by atoms with Crippen LogP contribution in [0.15, 0.2) is 24.3 Å². The van der Waals surface area contributed by atoms with Crippen LogP contribution in [0, 0.1) is 11.8 Å². The van der Waals surface area contributed by atoms with Gasteiger partial charge in [0.05, 0.1) is 13.2 Å². The number of carbonyl (C=O) groups excluding carboxylic acids is 1. The number of nitrogens with one attached hydrogen (secondary N) is 1. The SMILES string of the molecule is CC1CC(C)CN(CCC(=O)Nc2ccc(N3CCOCC3)cc2)C1. The van der Waals surface area contributed by atoms with Crippen molar-refractivity contribution in [2.45, 2.75) is 26.7 Å². The Labute approximate surface area is 151 Å². The zero-order valence-electron chi connectivity index (χ0n) is 15.5. The van der Waals surface area contributed by atoms with E-state index in [2.05, 4.69) is 41.1 Å². The average molecular weight is 345 g/mol. The second kappa shape index (κ2) is 8.68. The standard InChI is InChI=1S/C20H31N3O2/c1-16-13-17(2)15-22(14-16)8-7-20(24)21-18-3-5-19(6-4-18)23-9-11-25-12-10-23/h3-6,16-17H,7-15H2,1-2H3,(H,21,24). The van der Waals surface area contributed by atoms with Crippen LogP contribution in [0.1, 0.15) is 26.7 Å². The summed E-state index contributed by atoms with van der Waals surface area (Å²) in [5, 5.41) is 3.03. The molecule has 0 aromatic heterocycles. The van der Waals surface area contributed by atoms with Gasteiger partial charge in [-0.3, -0.25) is 4.79 Å². The fourth-order valence-electron chi connectivity index (χ4n) is 4.03. The Morgan fingerprint density at radius 2 is 1.76 bits per heavy atom. The lowest BCUT2D eigenvalue weighted by molar-refractivity contribution is -0.116. The molecular weight excluding hydrogens is 314 g/mol. The van der Waals surface area contributed by atoms with Gasteiger partial charge in [0.25, 0.3) is 0 Å². The highest BCUT2D eigenvalue weighted by molar-refractivity contribution is 5.91. The van der Waals surface area contributed by atoms with E-state index in [1.54, 1.807) is 0 Å². The van der Waals surface area contributed by atoms with Crippen molar-refractivity contribution in [1.82, 2.24) is 4.90 Å². The molecule has 0 bridgehead atoms. The zero-order chi connectivity index (χ0) is 17.6. The quantitative estimate of drug-likeness (QED) is 0.891. The molecule has 1 N–H and O–H groups in total. The predicted molar refractivity (Wildman–Crippen MR) is 102 cm³/mol. The van der Waals surface area contributed by atoms with Crippen molar-refractivity contribution in [3.8, 4) is 0 Å². The second-order valence-electron chi connectivity index (χ2n) is 7.65. The molecule has 0 spiro atoms. The molecule has 0 radical (unpaired) electrons. The van der Waals surface area contributed by atoms with Gasteiger partial charge in [0.2, 0.25) is 5.91 Å². The number of piperidine rings is 1. The van der Waals surface area contributed by atoms with Crippen molar-refractivity contribution in [3.05, 3.63) is 24.3 Å². The lowest BCUT2D eigenvalue weighted by atomic mass is 9.92. The predicted octanol–water partition coefficient (Wildman–Crippen LogP) is 2.83. The summed E-state index contributed by atoms with van der Waals surface area (Å²) in [6, 6.07) is 8.14. The van der Waals surface area contributed by atoms with Gasteiger partial charge in [-0.15, -0.1) is 0 Å². The minimum Gasteiger partial charge on any atom is -0.378 e. The third kappa shape index (κ3) is 5.44. The number of anilines is 2. The first-order chi connectivity index (χ1) is 12.1. The minimum atomic E-state index is 0.102. The maximum atomic E-state index is 12.2. The van der Waals surface area contributed by atoms with Crippen molar-refractivity contribution >= 4 is 17.3 Å². The summed E-state index contributed by atoms with van der Waals surface area (Å²) in [6.45, 7) is 11.1. The van der Waals surface area contributed by atoms with E-state index in [-0.39, 0.29) is 5.91 Å². The molecule has 2 heterocycles. The van der Waals surface area contributed by atoms with Crippen LogP contribution < -0.4 is 10.2 Å². The number of nitrogens with zero attached hydrogens (tertiary/aromatic N) is 2. The van der Waals surface area contributed by atoms with E-state index in [9.17, 15) is 4.79 Å². The smallest absolute Gasteiger partial charge is 0.225 e. The van der Waals surface area contributed by atoms with E-state index in [1.807, 2.05) is 12.1 Å². The van der Waals surface area contributed by atoms with Gasteiger partial charge < -0.3 is 19.9 Å². The summed E-state index contributed by atoms with van der Waals surface area (Å²) in [6.07, 6.45) is 1.86. The maximum absolute atomic E-state index is 12.2. The van der Waals surface area contributed by atoms with E-state index in [1.165, 1.54) is 12.1 Å². The summed E-state index contributed by atoms with van der Waals surface area (Å²) >= 11 is 0. The molecule has 25 heavy (non-hydrogen) atoms. The number of rotatable bonds is 5. The van der Waals surface area contributed by atoms with E-state index in [0.29, 0.717) is 6.42 Å². The van der Waals surface area contributed by atoms with E-state index < -0.39 is 0 Å². The zero-order valence-corrected chi connectivity index (χ0v) is 15.5. The highest BCUT2D eigenvalue weighted by atomic mass is 16.5. The number of hydrogen-bond acceptors (Lipinski definition) is 4. The van der Waals surface area contributed by atoms with Crippen LogP contribution in [-0.2, 0) is 9.53 Å². The van der Waals surface area contributed by atoms with Gasteiger partial charge in [-0.2, -0.15) is 0 Å². The summed E-state index contributed by atoms with van der Waals surface area (Å²) in [5.41, 5.74) is 2.07. The Morgan fingerprint density at radius 3 is 2.40 bits per heavy atom. The summed E-state index contributed by atoms with van der Waals surface area (Å²) < 4.78 is 5.38. The van der Waals surface area contributed by atoms with Crippen LogP contribution in [0.2, 0.25) is 0 Å². The normalized spacial score (nSPS) is 25.0. The van der Waals surface area contributed by atoms with Gasteiger partial charge in [-0.1, -0.05) is 13.8 Å². The molecular formula is C20H31N3O2. The van der Waals surface area contributed by atoms with Gasteiger partial charge in [-0.25, -0.2) is 0 Å². The third-order valence-corrected chi connectivity index (χ3v) is 5.13. The lowest BCUT2D eigenvalue weighted by Gasteiger charge is -2.34. The van der Waals surface area contributed by atoms with Crippen LogP contribution in [-0.4, -0.2) is 56.7 Å². The molecule has 1 amide bonds. The fourth-order valence-corrected chi connectivity index (χ4v) is 4.03. The molecule has 2 saturated heterocycles. The van der Waals surface area contributed by atoms with Crippen molar-refractivity contribution in [3.63, 3.8) is 0 Å². The maximum Gasteiger partial charge on any atom is 0.225 e. The van der Waals surface area contributed by atoms with Crippen LogP contribution in [0.5, 0.6) is 0 Å². The topological polar surface area (TPSA) is 44.8 Å². The molecule has 2 unspecified atom stereocenters. The molecule has 2 fully saturated rings. The Bertz CT molecular complexity index is 545. The number of morpholine rings is 1. The van der Waals surface area contributed by atoms with Crippen LogP contribution in [0.4, 0.5) is 11.4 Å². The van der Waals surface area contributed by atoms with Crippen LogP contribution >= 0.6 is 0 Å². The molecule has 2 aliphatic rings. The molecule has 3 rings (SSSR count). The van der Waals surface area contributed by atoms with Gasteiger partial charge >= 0.3 is 0 Å². The van der Waals surface area contributed by atoms with Crippen LogP contribution in [0.25, 0.3) is 0 Å². The summed E-state index contributed by atoms with van der Waals surface area (Å²) in [4.78, 5) is 17.0. The molecule has 5 nitrogen and oxygen atoms in total. The van der Waals surface area contributed by atoms with Crippen molar-refractivity contribution in [2.24, 2.45) is 11.8 Å². The summed E-state index contributed by atoms with van der Waals surface area (Å²) in [7, 11) is 0. The van der Waals surface area contributed by atoms with E-state index in [0.717, 1.165) is 63.5 Å². The molecule has 1 aromatic carbocycles. The number of likely N-dealkylation sites (tertiary alicyclic amines) is 1. The Hall–Kier alpha value is -1.59. The highest BCUT2D eigenvalue weighted by Crippen LogP contribution is 2.21. The average Bonchev–Trinajstić information content (AvgIpc) is 2.61. The lowest BCUT2D eigenvalue weighted by Crippen LogP contribution is -2.40. The minimum absolute atomic E-state index is 0.102.